The minimum Gasteiger partial charge on any atom is -0.351 e. The predicted molar refractivity (Wildman–Crippen MR) is 103 cm³/mol. The van der Waals surface area contributed by atoms with E-state index in [4.69, 9.17) is 0 Å². The van der Waals surface area contributed by atoms with Gasteiger partial charge in [-0.05, 0) is 12.8 Å². The molecule has 13 heteroatoms. The summed E-state index contributed by atoms with van der Waals surface area (Å²) in [5, 5.41) is 6.56. The molecule has 2 aromatic rings. The molecule has 2 aromatic heterocycles. The third-order valence-electron chi connectivity index (χ3n) is 5.22. The Morgan fingerprint density at radius 3 is 1.81 bits per heavy atom. The van der Waals surface area contributed by atoms with Gasteiger partial charge in [-0.2, -0.15) is 23.7 Å². The highest BCUT2D eigenvalue weighted by Crippen LogP contribution is 2.38. The zero-order chi connectivity index (χ0) is 22.4. The van der Waals surface area contributed by atoms with Crippen molar-refractivity contribution in [3.8, 4) is 11.5 Å². The van der Waals surface area contributed by atoms with E-state index in [1.807, 2.05) is 0 Å². The summed E-state index contributed by atoms with van der Waals surface area (Å²) in [5.74, 6) is -8.87. The average Bonchev–Trinajstić information content (AvgIpc) is 3.33. The van der Waals surface area contributed by atoms with E-state index in [0.29, 0.717) is 6.92 Å². The first kappa shape index (κ1) is 22.0. The molecule has 0 spiro atoms. The predicted octanol–water partition coefficient (Wildman–Crippen LogP) is 5.31. The largest absolute Gasteiger partial charge is 0.351 e. The molecule has 2 unspecified atom stereocenters. The van der Waals surface area contributed by atoms with E-state index in [1.165, 1.54) is 5.38 Å². The van der Waals surface area contributed by atoms with E-state index in [9.17, 15) is 26.3 Å². The van der Waals surface area contributed by atoms with E-state index in [2.05, 4.69) is 30.6 Å². The lowest BCUT2D eigenvalue weighted by Crippen LogP contribution is -2.23. The maximum atomic E-state index is 13.6. The van der Waals surface area contributed by atoms with Gasteiger partial charge in [-0.3, -0.25) is 0 Å². The zero-order valence-corrected chi connectivity index (χ0v) is 17.3. The standard InChI is InChI=1S/C18H20F6N6S/c1-16(19,20)13-27-11(8-31-13)12-28-14(25-9-2-4-17(21,22)6-9)30-15(29-12)26-10-3-5-18(23,24)7-10/h8-10H,2-7H2,1H3,(H2,25,26,28,29,30). The van der Waals surface area contributed by atoms with Crippen LogP contribution in [-0.4, -0.2) is 43.9 Å². The van der Waals surface area contributed by atoms with Crippen LogP contribution in [0.3, 0.4) is 0 Å². The number of aromatic nitrogens is 4. The molecule has 0 amide bonds. The van der Waals surface area contributed by atoms with Crippen molar-refractivity contribution < 1.29 is 26.3 Å². The highest BCUT2D eigenvalue weighted by Gasteiger charge is 2.41. The Hall–Kier alpha value is -2.18. The number of nitrogens with one attached hydrogen (secondary N) is 2. The Bertz CT molecular complexity index is 900. The van der Waals surface area contributed by atoms with Gasteiger partial charge in [0.05, 0.1) is 0 Å². The third kappa shape index (κ3) is 5.36. The smallest absolute Gasteiger partial charge is 0.296 e. The molecule has 0 saturated heterocycles. The molecule has 2 N–H and O–H groups in total. The first-order valence-electron chi connectivity index (χ1n) is 9.78. The SMILES string of the molecule is CC(F)(F)c1nc(-c2nc(NC3CCC(F)(F)C3)nc(NC3CCC(F)(F)C3)n2)cs1. The minimum atomic E-state index is -3.15. The van der Waals surface area contributed by atoms with Gasteiger partial charge in [0.25, 0.3) is 5.92 Å². The summed E-state index contributed by atoms with van der Waals surface area (Å²) in [6.45, 7) is 0.712. The fourth-order valence-corrected chi connectivity index (χ4v) is 4.45. The van der Waals surface area contributed by atoms with Crippen LogP contribution in [0.25, 0.3) is 11.5 Å². The third-order valence-corrected chi connectivity index (χ3v) is 6.23. The maximum Gasteiger partial charge on any atom is 0.296 e. The van der Waals surface area contributed by atoms with Crippen molar-refractivity contribution in [3.63, 3.8) is 0 Å². The number of anilines is 2. The lowest BCUT2D eigenvalue weighted by Gasteiger charge is -2.16. The van der Waals surface area contributed by atoms with Crippen LogP contribution in [0.2, 0.25) is 0 Å². The number of nitrogens with zero attached hydrogens (tertiary/aromatic N) is 4. The van der Waals surface area contributed by atoms with Gasteiger partial charge >= 0.3 is 0 Å². The molecule has 2 aliphatic carbocycles. The molecule has 0 bridgehead atoms. The van der Waals surface area contributed by atoms with Crippen LogP contribution in [0.4, 0.5) is 38.2 Å². The monoisotopic (exact) mass is 466 g/mol. The second-order valence-corrected chi connectivity index (χ2v) is 8.97. The molecule has 4 rings (SSSR count). The summed E-state index contributed by atoms with van der Waals surface area (Å²) < 4.78 is 81.2. The molecule has 31 heavy (non-hydrogen) atoms. The molecule has 0 radical (unpaired) electrons. The first-order valence-corrected chi connectivity index (χ1v) is 10.7. The molecule has 2 saturated carbocycles. The van der Waals surface area contributed by atoms with Gasteiger partial charge < -0.3 is 10.6 Å². The number of hydrogen-bond acceptors (Lipinski definition) is 7. The Morgan fingerprint density at radius 1 is 0.903 bits per heavy atom. The summed E-state index contributed by atoms with van der Waals surface area (Å²) in [7, 11) is 0. The molecule has 2 atom stereocenters. The number of thiazole rings is 1. The van der Waals surface area contributed by atoms with Crippen LogP contribution in [0.15, 0.2) is 5.38 Å². The number of rotatable bonds is 6. The molecular formula is C18H20F6N6S. The summed E-state index contributed by atoms with van der Waals surface area (Å²) in [4.78, 5) is 16.3. The normalized spacial score (nSPS) is 25.0. The van der Waals surface area contributed by atoms with Crippen LogP contribution >= 0.6 is 11.3 Å². The highest BCUT2D eigenvalue weighted by atomic mass is 32.1. The van der Waals surface area contributed by atoms with Crippen LogP contribution in [0.5, 0.6) is 0 Å². The maximum absolute atomic E-state index is 13.6. The summed E-state index contributed by atoms with van der Waals surface area (Å²) in [6.07, 6.45) is -0.927. The second-order valence-electron chi connectivity index (χ2n) is 8.11. The number of halogens is 6. The van der Waals surface area contributed by atoms with Gasteiger partial charge in [-0.15, -0.1) is 11.3 Å². The van der Waals surface area contributed by atoms with Gasteiger partial charge in [0.1, 0.15) is 5.69 Å². The molecule has 2 heterocycles. The minimum absolute atomic E-state index is 0.0437. The van der Waals surface area contributed by atoms with Crippen LogP contribution < -0.4 is 10.6 Å². The highest BCUT2D eigenvalue weighted by molar-refractivity contribution is 7.10. The number of alkyl halides is 6. The number of hydrogen-bond donors (Lipinski definition) is 2. The fourth-order valence-electron chi connectivity index (χ4n) is 3.71. The molecule has 0 aromatic carbocycles. The van der Waals surface area contributed by atoms with E-state index in [1.54, 1.807) is 0 Å². The summed E-state index contributed by atoms with van der Waals surface area (Å²) >= 11 is 0.728. The van der Waals surface area contributed by atoms with E-state index in [-0.39, 0.29) is 49.1 Å². The van der Waals surface area contributed by atoms with Crippen LogP contribution in [0.1, 0.15) is 50.5 Å². The van der Waals surface area contributed by atoms with Gasteiger partial charge in [0.2, 0.25) is 23.7 Å². The van der Waals surface area contributed by atoms with Crippen LogP contribution in [0, 0.1) is 0 Å². The van der Waals surface area contributed by atoms with Crippen molar-refractivity contribution in [2.45, 2.75) is 75.3 Å². The molecule has 2 aliphatic rings. The van der Waals surface area contributed by atoms with Crippen molar-refractivity contribution >= 4 is 23.2 Å². The molecule has 170 valence electrons. The Labute approximate surface area is 177 Å². The molecule has 6 nitrogen and oxygen atoms in total. The lowest BCUT2D eigenvalue weighted by molar-refractivity contribution is 0.00781. The topological polar surface area (TPSA) is 75.6 Å². The van der Waals surface area contributed by atoms with Crippen molar-refractivity contribution in [1.29, 1.82) is 0 Å². The Kier molecular flexibility index (Phi) is 5.51. The van der Waals surface area contributed by atoms with E-state index < -0.39 is 47.7 Å². The molecule has 0 aliphatic heterocycles. The zero-order valence-electron chi connectivity index (χ0n) is 16.4. The van der Waals surface area contributed by atoms with Crippen molar-refractivity contribution in [1.82, 2.24) is 19.9 Å². The summed E-state index contributed by atoms with van der Waals surface area (Å²) in [6, 6.07) is -1.17. The van der Waals surface area contributed by atoms with Crippen LogP contribution in [-0.2, 0) is 5.92 Å². The summed E-state index contributed by atoms with van der Waals surface area (Å²) in [5.41, 5.74) is 0.0588. The average molecular weight is 466 g/mol. The molecule has 2 fully saturated rings. The Morgan fingerprint density at radius 2 is 1.42 bits per heavy atom. The van der Waals surface area contributed by atoms with Gasteiger partial charge in [0.15, 0.2) is 10.8 Å². The van der Waals surface area contributed by atoms with E-state index in [0.717, 1.165) is 11.3 Å². The van der Waals surface area contributed by atoms with Crippen molar-refractivity contribution in [2.24, 2.45) is 0 Å². The fraction of sp³-hybridized carbons (Fsp3) is 0.667. The van der Waals surface area contributed by atoms with Gasteiger partial charge in [-0.25, -0.2) is 22.5 Å². The first-order chi connectivity index (χ1) is 14.4. The van der Waals surface area contributed by atoms with Crippen molar-refractivity contribution in [2.75, 3.05) is 10.6 Å². The molecular weight excluding hydrogens is 446 g/mol. The van der Waals surface area contributed by atoms with Gasteiger partial charge in [0, 0.05) is 50.1 Å². The Balaban J connectivity index is 1.61. The van der Waals surface area contributed by atoms with E-state index >= 15 is 0 Å². The lowest BCUT2D eigenvalue weighted by atomic mass is 10.2. The van der Waals surface area contributed by atoms with Gasteiger partial charge in [-0.1, -0.05) is 0 Å². The quantitative estimate of drug-likeness (QED) is 0.563. The second kappa shape index (κ2) is 7.75. The van der Waals surface area contributed by atoms with Crippen molar-refractivity contribution in [3.05, 3.63) is 10.4 Å².